The standard InChI is InChI=1S/C13H18N4S/c1-10(16(2)3)12-14-15-13(18)17(12)9-11-7-5-4-6-8-11/h4-8,10H,9H2,1-3H3,(H,15,18)/p+1/t10-/m0/s1. The van der Waals surface area contributed by atoms with Crippen LogP contribution in [0.4, 0.5) is 0 Å². The third-order valence-corrected chi connectivity index (χ3v) is 3.54. The topological polar surface area (TPSA) is 38.0 Å². The van der Waals surface area contributed by atoms with Crippen LogP contribution >= 0.6 is 12.2 Å². The predicted molar refractivity (Wildman–Crippen MR) is 74.2 cm³/mol. The van der Waals surface area contributed by atoms with Crippen LogP contribution in [-0.2, 0) is 6.54 Å². The van der Waals surface area contributed by atoms with Crippen LogP contribution < -0.4 is 4.90 Å². The molecule has 2 N–H and O–H groups in total. The molecule has 5 heteroatoms. The first-order valence-corrected chi connectivity index (χ1v) is 6.49. The maximum absolute atomic E-state index is 5.31. The summed E-state index contributed by atoms with van der Waals surface area (Å²) >= 11 is 5.31. The van der Waals surface area contributed by atoms with E-state index in [0.717, 1.165) is 12.4 Å². The minimum Gasteiger partial charge on any atom is -0.331 e. The number of quaternary nitrogens is 1. The van der Waals surface area contributed by atoms with E-state index in [2.05, 4.69) is 47.9 Å². The van der Waals surface area contributed by atoms with Gasteiger partial charge in [0.1, 0.15) is 6.04 Å². The Kier molecular flexibility index (Phi) is 3.93. The first-order valence-electron chi connectivity index (χ1n) is 6.08. The van der Waals surface area contributed by atoms with Gasteiger partial charge in [-0.25, -0.2) is 0 Å². The lowest BCUT2D eigenvalue weighted by Crippen LogP contribution is -3.05. The predicted octanol–water partition coefficient (Wildman–Crippen LogP) is 1.19. The number of H-pyrrole nitrogens is 1. The lowest BCUT2D eigenvalue weighted by atomic mass is 10.2. The van der Waals surface area contributed by atoms with Crippen molar-refractivity contribution >= 4 is 12.2 Å². The van der Waals surface area contributed by atoms with Crippen LogP contribution in [-0.4, -0.2) is 28.9 Å². The summed E-state index contributed by atoms with van der Waals surface area (Å²) < 4.78 is 2.75. The Balaban J connectivity index is 2.33. The fourth-order valence-corrected chi connectivity index (χ4v) is 2.04. The van der Waals surface area contributed by atoms with Gasteiger partial charge in [-0.05, 0) is 24.7 Å². The number of nitrogens with one attached hydrogen (secondary N) is 2. The third-order valence-electron chi connectivity index (χ3n) is 3.22. The summed E-state index contributed by atoms with van der Waals surface area (Å²) in [6.07, 6.45) is 0. The van der Waals surface area contributed by atoms with Gasteiger partial charge in [0.05, 0.1) is 20.6 Å². The highest BCUT2D eigenvalue weighted by molar-refractivity contribution is 7.71. The normalized spacial score (nSPS) is 12.9. The van der Waals surface area contributed by atoms with Crippen LogP contribution in [0.3, 0.4) is 0 Å². The van der Waals surface area contributed by atoms with Crippen LogP contribution in [0.15, 0.2) is 30.3 Å². The second kappa shape index (κ2) is 5.46. The molecule has 0 fully saturated rings. The minimum absolute atomic E-state index is 0.307. The molecule has 0 saturated heterocycles. The summed E-state index contributed by atoms with van der Waals surface area (Å²) in [6.45, 7) is 2.92. The molecule has 1 heterocycles. The van der Waals surface area contributed by atoms with Crippen molar-refractivity contribution in [2.24, 2.45) is 0 Å². The monoisotopic (exact) mass is 263 g/mol. The average molecular weight is 263 g/mol. The summed E-state index contributed by atoms with van der Waals surface area (Å²) in [6, 6.07) is 10.6. The zero-order valence-corrected chi connectivity index (χ0v) is 11.8. The van der Waals surface area contributed by atoms with E-state index in [-0.39, 0.29) is 0 Å². The van der Waals surface area contributed by atoms with Crippen LogP contribution in [0, 0.1) is 4.77 Å². The maximum atomic E-state index is 5.31. The highest BCUT2D eigenvalue weighted by atomic mass is 32.1. The van der Waals surface area contributed by atoms with E-state index in [0.29, 0.717) is 10.8 Å². The Hall–Kier alpha value is -1.46. The van der Waals surface area contributed by atoms with Crippen molar-refractivity contribution in [3.8, 4) is 0 Å². The molecule has 0 bridgehead atoms. The van der Waals surface area contributed by atoms with Gasteiger partial charge in [-0.1, -0.05) is 30.3 Å². The molecular formula is C13H19N4S+. The van der Waals surface area contributed by atoms with Crippen LogP contribution in [0.5, 0.6) is 0 Å². The van der Waals surface area contributed by atoms with Crippen molar-refractivity contribution in [1.82, 2.24) is 14.8 Å². The second-order valence-corrected chi connectivity index (χ2v) is 5.14. The van der Waals surface area contributed by atoms with Crippen molar-refractivity contribution in [3.63, 3.8) is 0 Å². The molecule has 96 valence electrons. The fraction of sp³-hybridized carbons (Fsp3) is 0.385. The van der Waals surface area contributed by atoms with Crippen molar-refractivity contribution < 1.29 is 4.90 Å². The number of rotatable bonds is 4. The Labute approximate surface area is 112 Å². The second-order valence-electron chi connectivity index (χ2n) is 4.76. The zero-order chi connectivity index (χ0) is 13.1. The number of aromatic amines is 1. The van der Waals surface area contributed by atoms with Crippen molar-refractivity contribution in [1.29, 1.82) is 0 Å². The highest BCUT2D eigenvalue weighted by Crippen LogP contribution is 2.10. The molecule has 1 atom stereocenters. The van der Waals surface area contributed by atoms with Crippen molar-refractivity contribution in [3.05, 3.63) is 46.5 Å². The van der Waals surface area contributed by atoms with Crippen LogP contribution in [0.2, 0.25) is 0 Å². The van der Waals surface area contributed by atoms with Gasteiger partial charge in [-0.3, -0.25) is 9.67 Å². The van der Waals surface area contributed by atoms with E-state index < -0.39 is 0 Å². The number of nitrogens with zero attached hydrogens (tertiary/aromatic N) is 2. The molecule has 18 heavy (non-hydrogen) atoms. The van der Waals surface area contributed by atoms with Gasteiger partial charge < -0.3 is 4.90 Å². The number of hydrogen-bond donors (Lipinski definition) is 2. The van der Waals surface area contributed by atoms with E-state index in [9.17, 15) is 0 Å². The first-order chi connectivity index (χ1) is 8.59. The van der Waals surface area contributed by atoms with Gasteiger partial charge >= 0.3 is 0 Å². The number of aromatic nitrogens is 3. The average Bonchev–Trinajstić information content (AvgIpc) is 2.71. The Bertz CT molecular complexity index is 556. The lowest BCUT2D eigenvalue weighted by Gasteiger charge is -2.17. The molecule has 1 aromatic carbocycles. The Morgan fingerprint density at radius 2 is 2.00 bits per heavy atom. The third kappa shape index (κ3) is 2.68. The molecule has 2 aromatic rings. The quantitative estimate of drug-likeness (QED) is 0.813. The van der Waals surface area contributed by atoms with Gasteiger partial charge in [0.2, 0.25) is 0 Å². The molecule has 2 rings (SSSR count). The Morgan fingerprint density at radius 3 is 2.61 bits per heavy atom. The molecule has 0 aliphatic heterocycles. The molecule has 0 aliphatic rings. The minimum atomic E-state index is 0.307. The summed E-state index contributed by atoms with van der Waals surface area (Å²) in [7, 11) is 4.24. The van der Waals surface area contributed by atoms with Crippen molar-refractivity contribution in [2.75, 3.05) is 14.1 Å². The SMILES string of the molecule is C[C@@H](c1n[nH]c(=S)n1Cc1ccccc1)[NH+](C)C. The molecule has 0 spiro atoms. The molecule has 0 amide bonds. The van der Waals surface area contributed by atoms with Gasteiger partial charge in [-0.15, -0.1) is 0 Å². The molecule has 0 unspecified atom stereocenters. The largest absolute Gasteiger partial charge is 0.331 e. The summed E-state index contributed by atoms with van der Waals surface area (Å²) in [5.41, 5.74) is 1.23. The zero-order valence-electron chi connectivity index (χ0n) is 11.0. The molecule has 1 aromatic heterocycles. The molecular weight excluding hydrogens is 244 g/mol. The van der Waals surface area contributed by atoms with E-state index in [1.807, 2.05) is 18.2 Å². The van der Waals surface area contributed by atoms with Gasteiger partial charge in [-0.2, -0.15) is 5.10 Å². The summed E-state index contributed by atoms with van der Waals surface area (Å²) in [4.78, 5) is 1.33. The van der Waals surface area contributed by atoms with E-state index in [4.69, 9.17) is 12.2 Å². The van der Waals surface area contributed by atoms with Gasteiger partial charge in [0.25, 0.3) is 0 Å². The van der Waals surface area contributed by atoms with E-state index >= 15 is 0 Å². The highest BCUT2D eigenvalue weighted by Gasteiger charge is 2.19. The molecule has 0 aliphatic carbocycles. The van der Waals surface area contributed by atoms with Crippen LogP contribution in [0.1, 0.15) is 24.4 Å². The van der Waals surface area contributed by atoms with Crippen molar-refractivity contribution in [2.45, 2.75) is 19.5 Å². The number of hydrogen-bond acceptors (Lipinski definition) is 2. The maximum Gasteiger partial charge on any atom is 0.195 e. The fourth-order valence-electron chi connectivity index (χ4n) is 1.84. The van der Waals surface area contributed by atoms with E-state index in [1.54, 1.807) is 0 Å². The van der Waals surface area contributed by atoms with Gasteiger partial charge in [0.15, 0.2) is 10.6 Å². The van der Waals surface area contributed by atoms with Crippen LogP contribution in [0.25, 0.3) is 0 Å². The Morgan fingerprint density at radius 1 is 1.33 bits per heavy atom. The number of benzene rings is 1. The summed E-state index contributed by atoms with van der Waals surface area (Å²) in [5, 5.41) is 7.25. The lowest BCUT2D eigenvalue weighted by molar-refractivity contribution is -0.890. The van der Waals surface area contributed by atoms with E-state index in [1.165, 1.54) is 10.5 Å². The molecule has 4 nitrogen and oxygen atoms in total. The molecule has 0 radical (unpaired) electrons. The summed E-state index contributed by atoms with van der Waals surface area (Å²) in [5.74, 6) is 1.00. The first kappa shape index (κ1) is 13.0. The molecule has 0 saturated carbocycles. The van der Waals surface area contributed by atoms with Gasteiger partial charge in [0, 0.05) is 0 Å². The smallest absolute Gasteiger partial charge is 0.195 e.